The molecule has 0 spiro atoms. The number of hydrogen-bond acceptors (Lipinski definition) is 4. The molecule has 0 aromatic heterocycles. The summed E-state index contributed by atoms with van der Waals surface area (Å²) in [5.74, 6) is 0.612. The summed E-state index contributed by atoms with van der Waals surface area (Å²) in [7, 11) is -0.518. The van der Waals surface area contributed by atoms with Gasteiger partial charge >= 0.3 is 8.69 Å². The molecule has 0 amide bonds. The maximum absolute atomic E-state index is 10.4. The molecule has 4 nitrogen and oxygen atoms in total. The van der Waals surface area contributed by atoms with E-state index < -0.39 is 15.0 Å². The first-order valence-electron chi connectivity index (χ1n) is 8.39. The summed E-state index contributed by atoms with van der Waals surface area (Å²) in [6.07, 6.45) is 0.0129. The Morgan fingerprint density at radius 1 is 1.08 bits per heavy atom. The van der Waals surface area contributed by atoms with Crippen LogP contribution in [0, 0.1) is 13.8 Å². The molecule has 0 aliphatic carbocycles. The average Bonchev–Trinajstić information content (AvgIpc) is 2.52. The highest BCUT2D eigenvalue weighted by molar-refractivity contribution is 7.17. The summed E-state index contributed by atoms with van der Waals surface area (Å²) in [5.41, 5.74) is 6.59. The maximum atomic E-state index is 10.4. The zero-order valence-corrected chi connectivity index (χ0v) is 16.0. The second kappa shape index (κ2) is 8.57. The van der Waals surface area contributed by atoms with Gasteiger partial charge in [-0.25, -0.2) is 4.57 Å². The van der Waals surface area contributed by atoms with Crippen molar-refractivity contribution < 1.29 is 19.3 Å². The zero-order chi connectivity index (χ0) is 18.6. The Morgan fingerprint density at radius 3 is 2.28 bits per heavy atom. The number of hydrogen-bond donors (Lipinski definition) is 2. The van der Waals surface area contributed by atoms with Crippen molar-refractivity contribution in [1.82, 2.24) is 0 Å². The van der Waals surface area contributed by atoms with E-state index in [0.29, 0.717) is 12.2 Å². The van der Waals surface area contributed by atoms with Gasteiger partial charge in [0.25, 0.3) is 0 Å². The van der Waals surface area contributed by atoms with Crippen molar-refractivity contribution in [1.29, 1.82) is 0 Å². The van der Waals surface area contributed by atoms with E-state index in [0.717, 1.165) is 34.2 Å². The number of aliphatic hydroxyl groups excluding tert-OH is 1. The van der Waals surface area contributed by atoms with Crippen LogP contribution in [-0.4, -0.2) is 16.5 Å². The third-order valence-electron chi connectivity index (χ3n) is 4.43. The molecule has 1 unspecified atom stereocenters. The van der Waals surface area contributed by atoms with Gasteiger partial charge in [-0.05, 0) is 65.6 Å². The van der Waals surface area contributed by atoms with Crippen LogP contribution in [0.4, 0.5) is 0 Å². The number of aliphatic hydroxyl groups is 1. The first kappa shape index (κ1) is 19.6. The Labute approximate surface area is 150 Å². The molecule has 2 aromatic carbocycles. The van der Waals surface area contributed by atoms with Crippen LogP contribution in [0.5, 0.6) is 5.75 Å². The molecular weight excluding hydrogens is 335 g/mol. The summed E-state index contributed by atoms with van der Waals surface area (Å²) in [6, 6.07) is 9.84. The van der Waals surface area contributed by atoms with Crippen LogP contribution >= 0.6 is 8.69 Å². The third kappa shape index (κ3) is 5.12. The molecule has 0 bridgehead atoms. The van der Waals surface area contributed by atoms with E-state index in [9.17, 15) is 14.8 Å². The van der Waals surface area contributed by atoms with Gasteiger partial charge in [0.05, 0.1) is 0 Å². The van der Waals surface area contributed by atoms with Gasteiger partial charge in [-0.15, -0.1) is 0 Å². The number of rotatable bonds is 7. The van der Waals surface area contributed by atoms with E-state index in [1.54, 1.807) is 6.07 Å². The van der Waals surface area contributed by atoms with E-state index in [1.165, 1.54) is 5.56 Å². The smallest absolute Gasteiger partial charge is 0.329 e. The van der Waals surface area contributed by atoms with E-state index in [1.807, 2.05) is 18.2 Å². The normalized spacial score (nSPS) is 12.7. The van der Waals surface area contributed by atoms with Crippen LogP contribution in [0.3, 0.4) is 0 Å². The van der Waals surface area contributed by atoms with Gasteiger partial charge in [0.1, 0.15) is 5.75 Å². The summed E-state index contributed by atoms with van der Waals surface area (Å²) >= 11 is 0. The van der Waals surface area contributed by atoms with Gasteiger partial charge in [-0.1, -0.05) is 38.1 Å². The number of phenols is 1. The molecule has 5 heteroatoms. The van der Waals surface area contributed by atoms with Gasteiger partial charge in [-0.2, -0.15) is 0 Å². The van der Waals surface area contributed by atoms with Crippen LogP contribution in [0.25, 0.3) is 0 Å². The predicted octanol–water partition coefficient (Wildman–Crippen LogP) is 4.81. The fraction of sp³-hybridized carbons (Fsp3) is 0.400. The molecule has 0 radical (unpaired) electrons. The Hall–Kier alpha value is -1.74. The number of aryl methyl sites for hydroxylation is 2. The van der Waals surface area contributed by atoms with E-state index >= 15 is 0 Å². The molecule has 2 N–H and O–H groups in total. The highest BCUT2D eigenvalue weighted by Crippen LogP contribution is 2.28. The lowest BCUT2D eigenvalue weighted by Crippen LogP contribution is -2.11. The quantitative estimate of drug-likeness (QED) is 0.549. The molecule has 2 aromatic rings. The molecule has 0 saturated heterocycles. The van der Waals surface area contributed by atoms with Gasteiger partial charge in [0, 0.05) is 6.42 Å². The predicted molar refractivity (Wildman–Crippen MR) is 99.3 cm³/mol. The molecule has 2 rings (SSSR count). The second-order valence-electron chi connectivity index (χ2n) is 6.77. The molecule has 0 saturated carbocycles. The first-order chi connectivity index (χ1) is 11.8. The molecule has 0 aliphatic heterocycles. The van der Waals surface area contributed by atoms with Crippen molar-refractivity contribution in [2.75, 3.05) is 0 Å². The topological polar surface area (TPSA) is 66.8 Å². The van der Waals surface area contributed by atoms with Crippen molar-refractivity contribution in [2.24, 2.45) is 0 Å². The highest BCUT2D eigenvalue weighted by Gasteiger charge is 2.12. The molecule has 0 heterocycles. The lowest BCUT2D eigenvalue weighted by atomic mass is 9.91. The highest BCUT2D eigenvalue weighted by atomic mass is 31.1. The van der Waals surface area contributed by atoms with Crippen LogP contribution in [0.2, 0.25) is 0 Å². The number of aromatic hydroxyl groups is 1. The summed E-state index contributed by atoms with van der Waals surface area (Å²) in [4.78, 5) is 0. The minimum atomic E-state index is -1.07. The molecule has 25 heavy (non-hydrogen) atoms. The Morgan fingerprint density at radius 2 is 1.72 bits per heavy atom. The standard InChI is InChI=1S/C20H25O4P/c1-12(2)17-9-15(5-6-19(17)21)10-18-13(3)7-16(8-14(18)4)11-20(22)24-25-23/h5-9,12,20-22H,10-11H2,1-4H3. The minimum Gasteiger partial charge on any atom is -0.508 e. The fourth-order valence-corrected chi connectivity index (χ4v) is 3.32. The van der Waals surface area contributed by atoms with Crippen molar-refractivity contribution in [2.45, 2.75) is 52.7 Å². The Balaban J connectivity index is 2.26. The molecule has 0 fully saturated rings. The van der Waals surface area contributed by atoms with Gasteiger partial charge in [0.15, 0.2) is 6.29 Å². The Bertz CT molecular complexity index is 732. The largest absolute Gasteiger partial charge is 0.508 e. The van der Waals surface area contributed by atoms with Crippen molar-refractivity contribution in [3.63, 3.8) is 0 Å². The molecule has 134 valence electrons. The Kier molecular flexibility index (Phi) is 6.71. The first-order valence-corrected chi connectivity index (χ1v) is 9.12. The van der Waals surface area contributed by atoms with E-state index in [2.05, 4.69) is 38.3 Å². The zero-order valence-electron chi connectivity index (χ0n) is 15.1. The van der Waals surface area contributed by atoms with Crippen LogP contribution in [-0.2, 0) is 21.9 Å². The fourth-order valence-electron chi connectivity index (χ4n) is 3.15. The molecule has 1 atom stereocenters. The third-order valence-corrected chi connectivity index (χ3v) is 4.76. The lowest BCUT2D eigenvalue weighted by molar-refractivity contribution is -0.00588. The lowest BCUT2D eigenvalue weighted by Gasteiger charge is -2.16. The van der Waals surface area contributed by atoms with Crippen molar-refractivity contribution >= 4 is 8.69 Å². The second-order valence-corrected chi connectivity index (χ2v) is 7.13. The van der Waals surface area contributed by atoms with Crippen LogP contribution in [0.15, 0.2) is 30.3 Å². The monoisotopic (exact) mass is 360 g/mol. The van der Waals surface area contributed by atoms with Gasteiger partial charge in [-0.3, -0.25) is 4.52 Å². The van der Waals surface area contributed by atoms with Crippen LogP contribution < -0.4 is 0 Å². The van der Waals surface area contributed by atoms with Gasteiger partial charge in [0.2, 0.25) is 0 Å². The van der Waals surface area contributed by atoms with E-state index in [-0.39, 0.29) is 5.92 Å². The average molecular weight is 360 g/mol. The summed E-state index contributed by atoms with van der Waals surface area (Å²) < 4.78 is 15.0. The minimum absolute atomic E-state index is 0.270. The van der Waals surface area contributed by atoms with E-state index in [4.69, 9.17) is 0 Å². The SMILES string of the molecule is Cc1cc(CC(O)OP=O)cc(C)c1Cc1ccc(O)c(C(C)C)c1. The maximum Gasteiger partial charge on any atom is 0.329 e. The molecule has 0 aliphatic rings. The number of benzene rings is 2. The number of phenolic OH excluding ortho intramolecular Hbond substituents is 1. The van der Waals surface area contributed by atoms with Crippen molar-refractivity contribution in [3.05, 3.63) is 63.7 Å². The van der Waals surface area contributed by atoms with Gasteiger partial charge < -0.3 is 10.2 Å². The summed E-state index contributed by atoms with van der Waals surface area (Å²) in [6.45, 7) is 8.24. The molecular formula is C20H25O4P. The summed E-state index contributed by atoms with van der Waals surface area (Å²) in [5, 5.41) is 19.6. The van der Waals surface area contributed by atoms with Crippen LogP contribution in [0.1, 0.15) is 53.1 Å². The van der Waals surface area contributed by atoms with Crippen molar-refractivity contribution in [3.8, 4) is 5.75 Å².